The van der Waals surface area contributed by atoms with Crippen LogP contribution in [-0.2, 0) is 33.0 Å². The van der Waals surface area contributed by atoms with Crippen molar-refractivity contribution in [2.45, 2.75) is 65.1 Å². The number of fused-ring (bicyclic) bond motifs is 2. The first-order valence-electron chi connectivity index (χ1n) is 14.2. The minimum atomic E-state index is -0.131. The van der Waals surface area contributed by atoms with Crippen molar-refractivity contribution in [3.8, 4) is 0 Å². The molecule has 0 radical (unpaired) electrons. The lowest BCUT2D eigenvalue weighted by atomic mass is 9.96. The van der Waals surface area contributed by atoms with E-state index < -0.39 is 0 Å². The van der Waals surface area contributed by atoms with Gasteiger partial charge in [-0.3, -0.25) is 19.2 Å². The molecular weight excluding hydrogens is 488 g/mol. The number of amides is 1. The van der Waals surface area contributed by atoms with Gasteiger partial charge in [-0.2, -0.15) is 5.10 Å². The Morgan fingerprint density at radius 1 is 1.10 bits per heavy atom. The largest absolute Gasteiger partial charge is 0.368 e. The molecule has 2 aliphatic heterocycles. The van der Waals surface area contributed by atoms with Gasteiger partial charge < -0.3 is 15.2 Å². The van der Waals surface area contributed by atoms with Crippen molar-refractivity contribution in [3.63, 3.8) is 0 Å². The first-order chi connectivity index (χ1) is 18.9. The fourth-order valence-corrected chi connectivity index (χ4v) is 6.09. The van der Waals surface area contributed by atoms with E-state index >= 15 is 0 Å². The predicted molar refractivity (Wildman–Crippen MR) is 155 cm³/mol. The molecule has 206 valence electrons. The summed E-state index contributed by atoms with van der Waals surface area (Å²) < 4.78 is 1.86. The number of benzene rings is 1. The second kappa shape index (κ2) is 12.0. The molecule has 2 aliphatic rings. The van der Waals surface area contributed by atoms with Gasteiger partial charge in [0.2, 0.25) is 0 Å². The van der Waals surface area contributed by atoms with Gasteiger partial charge in [-0.25, -0.2) is 0 Å². The van der Waals surface area contributed by atoms with Gasteiger partial charge in [0, 0.05) is 74.5 Å². The van der Waals surface area contributed by atoms with Crippen molar-refractivity contribution in [2.75, 3.05) is 24.5 Å². The summed E-state index contributed by atoms with van der Waals surface area (Å²) in [6.07, 6.45) is 10.9. The van der Waals surface area contributed by atoms with Gasteiger partial charge in [0.1, 0.15) is 0 Å². The number of nitrogens with zero attached hydrogens (tertiary/aromatic N) is 4. The number of piperidine rings is 1. The highest BCUT2D eigenvalue weighted by Gasteiger charge is 2.27. The van der Waals surface area contributed by atoms with E-state index in [-0.39, 0.29) is 18.0 Å². The minimum Gasteiger partial charge on any atom is -0.368 e. The Bertz CT molecular complexity index is 1400. The van der Waals surface area contributed by atoms with Crippen LogP contribution in [0.5, 0.6) is 0 Å². The highest BCUT2D eigenvalue weighted by molar-refractivity contribution is 5.97. The number of likely N-dealkylation sites (tertiary alicyclic amines) is 1. The van der Waals surface area contributed by atoms with Crippen molar-refractivity contribution in [1.82, 2.24) is 25.0 Å². The number of hydrogen-bond acceptors (Lipinski definition) is 5. The van der Waals surface area contributed by atoms with Gasteiger partial charge in [0.15, 0.2) is 0 Å². The Morgan fingerprint density at radius 2 is 1.92 bits per heavy atom. The molecule has 2 N–H and O–H groups in total. The zero-order valence-corrected chi connectivity index (χ0v) is 23.4. The van der Waals surface area contributed by atoms with Crippen LogP contribution in [-0.4, -0.2) is 51.2 Å². The molecule has 0 saturated carbocycles. The summed E-state index contributed by atoms with van der Waals surface area (Å²) >= 11 is 0. The third-order valence-corrected chi connectivity index (χ3v) is 8.06. The molecule has 1 saturated heterocycles. The van der Waals surface area contributed by atoms with Crippen LogP contribution in [0.3, 0.4) is 0 Å². The number of aryl methyl sites for hydroxylation is 3. The Labute approximate surface area is 230 Å². The lowest BCUT2D eigenvalue weighted by Gasteiger charge is -2.40. The smallest absolute Gasteiger partial charge is 0.253 e. The van der Waals surface area contributed by atoms with Gasteiger partial charge in [0.05, 0.1) is 5.69 Å². The average Bonchev–Trinajstić information content (AvgIpc) is 3.33. The summed E-state index contributed by atoms with van der Waals surface area (Å²) in [5.41, 5.74) is 6.38. The van der Waals surface area contributed by atoms with E-state index in [0.717, 1.165) is 80.1 Å². The van der Waals surface area contributed by atoms with Crippen molar-refractivity contribution in [3.05, 3.63) is 92.7 Å². The highest BCUT2D eigenvalue weighted by Crippen LogP contribution is 2.30. The fourth-order valence-electron chi connectivity index (χ4n) is 6.09. The molecule has 0 atom stereocenters. The van der Waals surface area contributed by atoms with Crippen LogP contribution >= 0.6 is 0 Å². The Hall–Kier alpha value is -3.65. The summed E-state index contributed by atoms with van der Waals surface area (Å²) in [5.74, 6) is -0.131. The van der Waals surface area contributed by atoms with Crippen LogP contribution in [0.2, 0.25) is 0 Å². The zero-order valence-electron chi connectivity index (χ0n) is 23.4. The van der Waals surface area contributed by atoms with Crippen molar-refractivity contribution >= 4 is 11.6 Å². The molecule has 0 spiro atoms. The van der Waals surface area contributed by atoms with E-state index in [1.54, 1.807) is 0 Å². The Kier molecular flexibility index (Phi) is 8.31. The first kappa shape index (κ1) is 26.9. The molecule has 8 nitrogen and oxygen atoms in total. The van der Waals surface area contributed by atoms with Gasteiger partial charge in [-0.05, 0) is 81.3 Å². The number of pyridine rings is 1. The summed E-state index contributed by atoms with van der Waals surface area (Å²) in [6, 6.07) is 10.6. The van der Waals surface area contributed by atoms with Gasteiger partial charge >= 0.3 is 0 Å². The van der Waals surface area contributed by atoms with Gasteiger partial charge in [-0.15, -0.1) is 0 Å². The van der Waals surface area contributed by atoms with Crippen LogP contribution in [0.25, 0.3) is 0 Å². The molecule has 3 aromatic rings. The normalized spacial score (nSPS) is 17.9. The number of hydrogen-bond donors (Lipinski definition) is 2. The molecule has 0 bridgehead atoms. The van der Waals surface area contributed by atoms with Gasteiger partial charge in [0.25, 0.3) is 11.5 Å². The van der Waals surface area contributed by atoms with E-state index in [1.807, 2.05) is 43.0 Å². The lowest BCUT2D eigenvalue weighted by Crippen LogP contribution is -2.45. The molecule has 1 fully saturated rings. The third-order valence-electron chi connectivity index (χ3n) is 8.06. The van der Waals surface area contributed by atoms with Crippen LogP contribution < -0.4 is 15.8 Å². The maximum Gasteiger partial charge on any atom is 0.253 e. The minimum absolute atomic E-state index is 0.119. The van der Waals surface area contributed by atoms with Crippen LogP contribution in [0.1, 0.15) is 64.6 Å². The summed E-state index contributed by atoms with van der Waals surface area (Å²) in [4.78, 5) is 34.1. The molecule has 0 unspecified atom stereocenters. The van der Waals surface area contributed by atoms with Gasteiger partial charge in [-0.1, -0.05) is 18.2 Å². The first-order valence-corrected chi connectivity index (χ1v) is 14.2. The van der Waals surface area contributed by atoms with Crippen molar-refractivity contribution in [1.29, 1.82) is 0 Å². The number of H-pyrrole nitrogens is 1. The Balaban J connectivity index is 1.36. The maximum atomic E-state index is 13.5. The third kappa shape index (κ3) is 6.17. The number of nitrogens with one attached hydrogen (secondary N) is 2. The van der Waals surface area contributed by atoms with E-state index in [1.165, 1.54) is 0 Å². The summed E-state index contributed by atoms with van der Waals surface area (Å²) in [7, 11) is 1.96. The lowest BCUT2D eigenvalue weighted by molar-refractivity contribution is 0.0950. The van der Waals surface area contributed by atoms with E-state index in [0.29, 0.717) is 23.6 Å². The van der Waals surface area contributed by atoms with Crippen LogP contribution in [0.15, 0.2) is 53.5 Å². The number of anilines is 1. The Morgan fingerprint density at radius 3 is 2.67 bits per heavy atom. The maximum absolute atomic E-state index is 13.5. The second-order valence-electron chi connectivity index (χ2n) is 10.8. The van der Waals surface area contributed by atoms with E-state index in [2.05, 4.69) is 56.4 Å². The predicted octanol–water partition coefficient (Wildman–Crippen LogP) is 3.88. The number of aromatic amines is 1. The number of rotatable bonds is 5. The fraction of sp³-hybridized carbons (Fsp3) is 0.452. The average molecular weight is 529 g/mol. The number of aromatic nitrogens is 3. The highest BCUT2D eigenvalue weighted by atomic mass is 16.1. The van der Waals surface area contributed by atoms with E-state index in [9.17, 15) is 9.59 Å². The molecule has 2 aromatic heterocycles. The summed E-state index contributed by atoms with van der Waals surface area (Å²) in [5, 5.41) is 7.60. The molecule has 0 aliphatic carbocycles. The van der Waals surface area contributed by atoms with Crippen LogP contribution in [0.4, 0.5) is 5.69 Å². The molecule has 4 heterocycles. The molecule has 1 aromatic carbocycles. The van der Waals surface area contributed by atoms with E-state index in [4.69, 9.17) is 0 Å². The number of carbonyl (C=O) groups is 1. The SMILES string of the molecule is CCN(c1cccc2c1C/C=C\CCc1cc(C)[nH]c(=O)c1CNC2=O)C1CCN(Cc2ccn(C)n2)CC1. The molecule has 8 heteroatoms. The van der Waals surface area contributed by atoms with Crippen LogP contribution in [0, 0.1) is 6.92 Å². The van der Waals surface area contributed by atoms with Crippen molar-refractivity contribution in [2.24, 2.45) is 7.05 Å². The molecule has 5 rings (SSSR count). The molecule has 1 amide bonds. The zero-order chi connectivity index (χ0) is 27.4. The van der Waals surface area contributed by atoms with Crippen molar-refractivity contribution < 1.29 is 4.79 Å². The number of allylic oxidation sites excluding steroid dienone is 2. The quantitative estimate of drug-likeness (QED) is 0.491. The number of carbonyl (C=O) groups excluding carboxylic acids is 1. The molecule has 39 heavy (non-hydrogen) atoms. The summed E-state index contributed by atoms with van der Waals surface area (Å²) in [6.45, 7) is 8.15. The monoisotopic (exact) mass is 528 g/mol. The topological polar surface area (TPSA) is 86.3 Å². The second-order valence-corrected chi connectivity index (χ2v) is 10.8. The standard InChI is InChI=1S/C31H40N6O2/c1-4-37(25-14-17-36(18-15-25)21-24-13-16-35(3)34-24)29-12-8-11-27-26(29)10-7-5-6-9-23-19-22(2)33-31(39)28(23)20-32-30(27)38/h5,7-8,11-13,16,19,25H,4,6,9-10,14-15,17-18,20-21H2,1-3H3,(H,32,38)(H,33,39)/b7-5-. The molecular formula is C31H40N6O2.